The number of piperazine rings is 1. The van der Waals surface area contributed by atoms with Crippen LogP contribution in [0.2, 0.25) is 0 Å². The Morgan fingerprint density at radius 1 is 0.743 bits per heavy atom. The molecule has 0 atom stereocenters. The highest BCUT2D eigenvalue weighted by Crippen LogP contribution is 2.25. The summed E-state index contributed by atoms with van der Waals surface area (Å²) in [6.45, 7) is 5.78. The van der Waals surface area contributed by atoms with Crippen molar-refractivity contribution in [3.05, 3.63) is 109 Å². The summed E-state index contributed by atoms with van der Waals surface area (Å²) in [5.41, 5.74) is 4.66. The second-order valence-corrected chi connectivity index (χ2v) is 10.0. The Balaban J connectivity index is 1.11. The molecular weight excluding hydrogens is 452 g/mol. The van der Waals surface area contributed by atoms with Gasteiger partial charge in [-0.25, -0.2) is 14.0 Å². The number of aromatic nitrogens is 4. The van der Waals surface area contributed by atoms with Crippen molar-refractivity contribution in [1.82, 2.24) is 28.5 Å². The maximum Gasteiger partial charge on any atom is 0.124 e. The van der Waals surface area contributed by atoms with E-state index in [0.717, 1.165) is 56.3 Å². The van der Waals surface area contributed by atoms with Gasteiger partial charge in [0.2, 0.25) is 0 Å². The Hall–Kier alpha value is -3.39. The Bertz CT molecular complexity index is 1390. The lowest BCUT2D eigenvalue weighted by molar-refractivity contribution is 0.184. The topological polar surface area (TPSA) is 42.1 Å². The van der Waals surface area contributed by atoms with Crippen molar-refractivity contribution in [3.8, 4) is 5.69 Å². The van der Waals surface area contributed by atoms with Crippen LogP contribution in [0.15, 0.2) is 102 Å². The highest BCUT2D eigenvalue weighted by molar-refractivity contribution is 7.97. The van der Waals surface area contributed by atoms with Gasteiger partial charge in [0.15, 0.2) is 0 Å². The van der Waals surface area contributed by atoms with Crippen molar-refractivity contribution < 1.29 is 0 Å². The lowest BCUT2D eigenvalue weighted by Crippen LogP contribution is -2.43. The molecule has 0 bridgehead atoms. The first-order valence-electron chi connectivity index (χ1n) is 12.1. The van der Waals surface area contributed by atoms with Crippen molar-refractivity contribution in [2.45, 2.75) is 18.0 Å². The first kappa shape index (κ1) is 22.1. The zero-order valence-corrected chi connectivity index (χ0v) is 20.4. The van der Waals surface area contributed by atoms with Crippen LogP contribution in [0.3, 0.4) is 0 Å². The Morgan fingerprint density at radius 3 is 2.26 bits per heavy atom. The van der Waals surface area contributed by atoms with Gasteiger partial charge >= 0.3 is 0 Å². The molecule has 0 saturated carbocycles. The molecule has 1 fully saturated rings. The van der Waals surface area contributed by atoms with Gasteiger partial charge in [0.05, 0.1) is 34.4 Å². The summed E-state index contributed by atoms with van der Waals surface area (Å²) in [6, 6.07) is 29.4. The first-order chi connectivity index (χ1) is 17.3. The molecule has 7 heteroatoms. The fraction of sp³-hybridized carbons (Fsp3) is 0.214. The number of hydrogen-bond donors (Lipinski definition) is 0. The summed E-state index contributed by atoms with van der Waals surface area (Å²) < 4.78 is 6.76. The largest absolute Gasteiger partial charge is 0.322 e. The Labute approximate surface area is 209 Å². The average molecular weight is 481 g/mol. The van der Waals surface area contributed by atoms with Crippen LogP contribution < -0.4 is 0 Å². The van der Waals surface area contributed by atoms with Gasteiger partial charge in [-0.2, -0.15) is 5.10 Å². The fourth-order valence-corrected chi connectivity index (χ4v) is 5.48. The van der Waals surface area contributed by atoms with Gasteiger partial charge in [-0.05, 0) is 41.8 Å². The minimum absolute atomic E-state index is 0.845. The average Bonchev–Trinajstić information content (AvgIpc) is 3.51. The molecule has 0 aliphatic carbocycles. The van der Waals surface area contributed by atoms with E-state index in [2.05, 4.69) is 91.8 Å². The number of fused-ring (bicyclic) bond motifs is 1. The maximum atomic E-state index is 5.01. The molecule has 0 radical (unpaired) electrons. The van der Waals surface area contributed by atoms with Crippen LogP contribution in [-0.2, 0) is 13.1 Å². The third kappa shape index (κ3) is 5.03. The summed E-state index contributed by atoms with van der Waals surface area (Å²) in [5.74, 6) is 1.14. The third-order valence-electron chi connectivity index (χ3n) is 6.43. The number of hydrogen-bond acceptors (Lipinski definition) is 5. The molecule has 5 aromatic rings. The van der Waals surface area contributed by atoms with Gasteiger partial charge in [0.1, 0.15) is 5.82 Å². The van der Waals surface area contributed by atoms with Crippen LogP contribution in [0.5, 0.6) is 0 Å². The summed E-state index contributed by atoms with van der Waals surface area (Å²) in [5, 5.41) is 4.54. The predicted molar refractivity (Wildman–Crippen MR) is 142 cm³/mol. The molecule has 2 aromatic heterocycles. The summed E-state index contributed by atoms with van der Waals surface area (Å²) in [4.78, 5) is 8.71. The zero-order valence-electron chi connectivity index (χ0n) is 19.6. The molecule has 6 nitrogen and oxygen atoms in total. The monoisotopic (exact) mass is 480 g/mol. The molecule has 1 aliphatic rings. The minimum atomic E-state index is 0.845. The van der Waals surface area contributed by atoms with Gasteiger partial charge in [-0.1, -0.05) is 60.7 Å². The van der Waals surface area contributed by atoms with Gasteiger partial charge in [0, 0.05) is 38.9 Å². The van der Waals surface area contributed by atoms with Gasteiger partial charge < -0.3 is 4.57 Å². The Morgan fingerprint density at radius 2 is 1.46 bits per heavy atom. The van der Waals surface area contributed by atoms with E-state index in [1.165, 1.54) is 16.0 Å². The quantitative estimate of drug-likeness (QED) is 0.303. The number of imidazole rings is 1. The molecule has 0 N–H and O–H groups in total. The number of benzene rings is 3. The highest BCUT2D eigenvalue weighted by Gasteiger charge is 2.21. The van der Waals surface area contributed by atoms with Crippen LogP contribution in [0.1, 0.15) is 11.4 Å². The van der Waals surface area contributed by atoms with E-state index >= 15 is 0 Å². The van der Waals surface area contributed by atoms with E-state index in [1.807, 2.05) is 29.1 Å². The van der Waals surface area contributed by atoms with E-state index in [1.54, 1.807) is 11.9 Å². The van der Waals surface area contributed by atoms with E-state index < -0.39 is 0 Å². The second-order valence-electron chi connectivity index (χ2n) is 8.84. The molecule has 0 spiro atoms. The normalized spacial score (nSPS) is 15.1. The molecule has 1 saturated heterocycles. The molecule has 176 valence electrons. The van der Waals surface area contributed by atoms with Crippen molar-refractivity contribution in [2.75, 3.05) is 26.2 Å². The molecular formula is C28H28N6S. The SMILES string of the molecule is c1ccc(Cn2c(CN3CCN(Sc4cnn(-c5ccccc5)c4)CC3)nc3ccccc32)cc1. The lowest BCUT2D eigenvalue weighted by Gasteiger charge is -2.33. The summed E-state index contributed by atoms with van der Waals surface area (Å²) in [7, 11) is 0. The molecule has 3 heterocycles. The van der Waals surface area contributed by atoms with Crippen molar-refractivity contribution in [2.24, 2.45) is 0 Å². The van der Waals surface area contributed by atoms with Crippen LogP contribution in [0, 0.1) is 0 Å². The first-order valence-corrected chi connectivity index (χ1v) is 12.8. The number of nitrogens with zero attached hydrogens (tertiary/aromatic N) is 6. The second kappa shape index (κ2) is 10.1. The summed E-state index contributed by atoms with van der Waals surface area (Å²) in [6.07, 6.45) is 4.06. The van der Waals surface area contributed by atoms with Gasteiger partial charge in [0.25, 0.3) is 0 Å². The van der Waals surface area contributed by atoms with E-state index in [0.29, 0.717) is 0 Å². The molecule has 1 aliphatic heterocycles. The van der Waals surface area contributed by atoms with Crippen LogP contribution in [-0.4, -0.2) is 54.7 Å². The Kier molecular flexibility index (Phi) is 6.36. The molecule has 0 amide bonds. The highest BCUT2D eigenvalue weighted by atomic mass is 32.2. The number of rotatable bonds is 7. The van der Waals surface area contributed by atoms with E-state index in [9.17, 15) is 0 Å². The van der Waals surface area contributed by atoms with Crippen LogP contribution in [0.4, 0.5) is 0 Å². The van der Waals surface area contributed by atoms with Gasteiger partial charge in [-0.15, -0.1) is 0 Å². The summed E-state index contributed by atoms with van der Waals surface area (Å²) >= 11 is 1.80. The van der Waals surface area contributed by atoms with Gasteiger partial charge in [-0.3, -0.25) is 4.90 Å². The van der Waals surface area contributed by atoms with E-state index in [-0.39, 0.29) is 0 Å². The lowest BCUT2D eigenvalue weighted by atomic mass is 10.2. The molecule has 6 rings (SSSR count). The van der Waals surface area contributed by atoms with Crippen molar-refractivity contribution in [3.63, 3.8) is 0 Å². The molecule has 0 unspecified atom stereocenters. The van der Waals surface area contributed by atoms with E-state index in [4.69, 9.17) is 4.98 Å². The zero-order chi connectivity index (χ0) is 23.5. The van der Waals surface area contributed by atoms with Crippen molar-refractivity contribution in [1.29, 1.82) is 0 Å². The smallest absolute Gasteiger partial charge is 0.124 e. The minimum Gasteiger partial charge on any atom is -0.322 e. The molecule has 35 heavy (non-hydrogen) atoms. The van der Waals surface area contributed by atoms with Crippen LogP contribution >= 0.6 is 11.9 Å². The number of para-hydroxylation sites is 3. The van der Waals surface area contributed by atoms with Crippen LogP contribution in [0.25, 0.3) is 16.7 Å². The maximum absolute atomic E-state index is 5.01. The predicted octanol–water partition coefficient (Wildman–Crippen LogP) is 5.10. The third-order valence-corrected chi connectivity index (χ3v) is 7.47. The fourth-order valence-electron chi connectivity index (χ4n) is 4.59. The standard InChI is InChI=1S/C28H28N6S/c1-3-9-23(10-4-1)20-33-27-14-8-7-13-26(27)30-28(33)22-31-15-17-32(18-16-31)35-25-19-29-34(21-25)24-11-5-2-6-12-24/h1-14,19,21H,15-18,20,22H2. The van der Waals surface area contributed by atoms with Crippen molar-refractivity contribution >= 4 is 23.0 Å². The molecule has 3 aromatic carbocycles.